The molecule has 0 atom stereocenters. The average molecular weight is 351 g/mol. The van der Waals surface area contributed by atoms with Gasteiger partial charge in [0.25, 0.3) is 5.91 Å². The zero-order valence-electron chi connectivity index (χ0n) is 9.75. The Morgan fingerprint density at radius 2 is 1.70 bits per heavy atom. The molecule has 0 spiro atoms. The quantitative estimate of drug-likeness (QED) is 0.635. The SMILES string of the molecule is O=C(NNc1c(Cl)cc(Cl)cc1Cl)c1ccnc(Cl)c1. The van der Waals surface area contributed by atoms with E-state index >= 15 is 0 Å². The highest BCUT2D eigenvalue weighted by Gasteiger charge is 2.10. The van der Waals surface area contributed by atoms with Gasteiger partial charge in [0.2, 0.25) is 0 Å². The van der Waals surface area contributed by atoms with Crippen LogP contribution in [0, 0.1) is 0 Å². The molecule has 0 unspecified atom stereocenters. The summed E-state index contributed by atoms with van der Waals surface area (Å²) in [4.78, 5) is 15.7. The Morgan fingerprint density at radius 3 is 2.30 bits per heavy atom. The fourth-order valence-electron chi connectivity index (χ4n) is 1.40. The number of nitrogens with zero attached hydrogens (tertiary/aromatic N) is 1. The van der Waals surface area contributed by atoms with E-state index in [-0.39, 0.29) is 15.2 Å². The monoisotopic (exact) mass is 349 g/mol. The molecule has 4 nitrogen and oxygen atoms in total. The van der Waals surface area contributed by atoms with Crippen LogP contribution < -0.4 is 10.9 Å². The molecule has 1 amide bonds. The number of nitrogens with one attached hydrogen (secondary N) is 2. The second-order valence-corrected chi connectivity index (χ2v) is 5.33. The molecule has 2 rings (SSSR count). The normalized spacial score (nSPS) is 10.2. The predicted molar refractivity (Wildman–Crippen MR) is 81.8 cm³/mol. The Balaban J connectivity index is 2.11. The number of hydrogen-bond donors (Lipinski definition) is 2. The van der Waals surface area contributed by atoms with Crippen molar-refractivity contribution < 1.29 is 4.79 Å². The van der Waals surface area contributed by atoms with Crippen molar-refractivity contribution in [1.29, 1.82) is 0 Å². The topological polar surface area (TPSA) is 54.0 Å². The van der Waals surface area contributed by atoms with Crippen molar-refractivity contribution in [2.75, 3.05) is 5.43 Å². The van der Waals surface area contributed by atoms with Gasteiger partial charge in [0.15, 0.2) is 0 Å². The van der Waals surface area contributed by atoms with Gasteiger partial charge in [-0.15, -0.1) is 0 Å². The van der Waals surface area contributed by atoms with Crippen LogP contribution in [0.1, 0.15) is 10.4 Å². The number of hydrazine groups is 1. The molecule has 2 N–H and O–H groups in total. The van der Waals surface area contributed by atoms with Crippen molar-refractivity contribution in [2.24, 2.45) is 0 Å². The van der Waals surface area contributed by atoms with E-state index in [2.05, 4.69) is 15.8 Å². The molecular weight excluding hydrogens is 344 g/mol. The van der Waals surface area contributed by atoms with Gasteiger partial charge in [-0.2, -0.15) is 0 Å². The summed E-state index contributed by atoms with van der Waals surface area (Å²) in [6, 6.07) is 5.97. The molecule has 0 saturated heterocycles. The Hall–Kier alpha value is -1.20. The van der Waals surface area contributed by atoms with Gasteiger partial charge in [-0.1, -0.05) is 46.4 Å². The number of halogens is 4. The third-order valence-corrected chi connectivity index (χ3v) is 3.32. The number of aromatic nitrogens is 1. The molecule has 1 heterocycles. The number of carbonyl (C=O) groups excluding carboxylic acids is 1. The number of benzene rings is 1. The lowest BCUT2D eigenvalue weighted by Crippen LogP contribution is -2.29. The number of amides is 1. The van der Waals surface area contributed by atoms with Crippen LogP contribution in [0.25, 0.3) is 0 Å². The van der Waals surface area contributed by atoms with Crippen LogP contribution in [0.5, 0.6) is 0 Å². The fourth-order valence-corrected chi connectivity index (χ4v) is 2.48. The zero-order valence-corrected chi connectivity index (χ0v) is 12.8. The van der Waals surface area contributed by atoms with E-state index in [0.29, 0.717) is 16.3 Å². The van der Waals surface area contributed by atoms with Gasteiger partial charge < -0.3 is 0 Å². The molecule has 0 fully saturated rings. The molecule has 0 aliphatic rings. The summed E-state index contributed by atoms with van der Waals surface area (Å²) in [6.45, 7) is 0. The summed E-state index contributed by atoms with van der Waals surface area (Å²) in [5.74, 6) is -0.406. The molecule has 0 aliphatic carbocycles. The maximum atomic E-state index is 11.9. The number of carbonyl (C=O) groups is 1. The number of anilines is 1. The molecular formula is C12H7Cl4N3O. The van der Waals surface area contributed by atoms with Crippen LogP contribution in [0.15, 0.2) is 30.5 Å². The van der Waals surface area contributed by atoms with Gasteiger partial charge in [-0.3, -0.25) is 15.6 Å². The van der Waals surface area contributed by atoms with Gasteiger partial charge in [-0.05, 0) is 24.3 Å². The summed E-state index contributed by atoms with van der Waals surface area (Å²) >= 11 is 23.4. The van der Waals surface area contributed by atoms with Gasteiger partial charge in [0.05, 0.1) is 15.7 Å². The van der Waals surface area contributed by atoms with Gasteiger partial charge in [-0.25, -0.2) is 4.98 Å². The van der Waals surface area contributed by atoms with Crippen LogP contribution in [0.3, 0.4) is 0 Å². The van der Waals surface area contributed by atoms with Crippen molar-refractivity contribution in [1.82, 2.24) is 10.4 Å². The Kier molecular flexibility index (Phi) is 4.94. The smallest absolute Gasteiger partial charge is 0.269 e. The fraction of sp³-hybridized carbons (Fsp3) is 0. The van der Waals surface area contributed by atoms with E-state index in [1.807, 2.05) is 0 Å². The Bertz CT molecular complexity index is 640. The lowest BCUT2D eigenvalue weighted by Gasteiger charge is -2.12. The standard InChI is InChI=1S/C12H7Cl4N3O/c13-7-4-8(14)11(9(15)5-7)18-19-12(20)6-1-2-17-10(16)3-6/h1-5,18H,(H,19,20). The van der Waals surface area contributed by atoms with Crippen molar-refractivity contribution >= 4 is 58.0 Å². The van der Waals surface area contributed by atoms with Crippen molar-refractivity contribution in [3.05, 3.63) is 56.2 Å². The minimum absolute atomic E-state index is 0.222. The predicted octanol–water partition coefficient (Wildman–Crippen LogP) is 4.45. The first-order valence-electron chi connectivity index (χ1n) is 5.30. The first-order valence-corrected chi connectivity index (χ1v) is 6.81. The summed E-state index contributed by atoms with van der Waals surface area (Å²) < 4.78 is 0. The third kappa shape index (κ3) is 3.67. The molecule has 20 heavy (non-hydrogen) atoms. The first-order chi connectivity index (χ1) is 9.47. The second kappa shape index (κ2) is 6.50. The average Bonchev–Trinajstić information content (AvgIpc) is 2.37. The van der Waals surface area contributed by atoms with Gasteiger partial charge in [0, 0.05) is 16.8 Å². The van der Waals surface area contributed by atoms with E-state index in [0.717, 1.165) is 0 Å². The molecule has 0 aliphatic heterocycles. The maximum Gasteiger partial charge on any atom is 0.269 e. The van der Waals surface area contributed by atoms with Crippen molar-refractivity contribution in [3.63, 3.8) is 0 Å². The van der Waals surface area contributed by atoms with E-state index in [1.165, 1.54) is 30.5 Å². The highest BCUT2D eigenvalue weighted by atomic mass is 35.5. The van der Waals surface area contributed by atoms with E-state index < -0.39 is 5.91 Å². The molecule has 0 radical (unpaired) electrons. The Labute approximate surface area is 135 Å². The highest BCUT2D eigenvalue weighted by molar-refractivity contribution is 6.41. The molecule has 0 bridgehead atoms. The second-order valence-electron chi connectivity index (χ2n) is 3.69. The van der Waals surface area contributed by atoms with Crippen LogP contribution in [0.4, 0.5) is 5.69 Å². The number of hydrogen-bond acceptors (Lipinski definition) is 3. The molecule has 104 valence electrons. The molecule has 1 aromatic carbocycles. The summed E-state index contributed by atoms with van der Waals surface area (Å²) in [6.07, 6.45) is 1.43. The third-order valence-electron chi connectivity index (χ3n) is 2.30. The largest absolute Gasteiger partial charge is 0.295 e. The van der Waals surface area contributed by atoms with Crippen molar-refractivity contribution in [2.45, 2.75) is 0 Å². The molecule has 1 aromatic heterocycles. The molecule has 2 aromatic rings. The summed E-state index contributed by atoms with van der Waals surface area (Å²) in [5.41, 5.74) is 5.80. The first kappa shape index (κ1) is 15.2. The van der Waals surface area contributed by atoms with E-state index in [4.69, 9.17) is 46.4 Å². The van der Waals surface area contributed by atoms with Crippen LogP contribution in [0.2, 0.25) is 20.2 Å². The van der Waals surface area contributed by atoms with E-state index in [9.17, 15) is 4.79 Å². The van der Waals surface area contributed by atoms with Crippen LogP contribution in [-0.2, 0) is 0 Å². The highest BCUT2D eigenvalue weighted by Crippen LogP contribution is 2.33. The lowest BCUT2D eigenvalue weighted by molar-refractivity contribution is 0.0962. The van der Waals surface area contributed by atoms with Crippen molar-refractivity contribution in [3.8, 4) is 0 Å². The van der Waals surface area contributed by atoms with Gasteiger partial charge >= 0.3 is 0 Å². The van der Waals surface area contributed by atoms with Crippen LogP contribution in [-0.4, -0.2) is 10.9 Å². The zero-order chi connectivity index (χ0) is 14.7. The minimum Gasteiger partial charge on any atom is -0.295 e. The molecule has 8 heteroatoms. The Morgan fingerprint density at radius 1 is 1.05 bits per heavy atom. The lowest BCUT2D eigenvalue weighted by atomic mass is 10.2. The molecule has 0 saturated carbocycles. The number of pyridine rings is 1. The van der Waals surface area contributed by atoms with Crippen LogP contribution >= 0.6 is 46.4 Å². The van der Waals surface area contributed by atoms with E-state index in [1.54, 1.807) is 0 Å². The minimum atomic E-state index is -0.406. The van der Waals surface area contributed by atoms with Gasteiger partial charge in [0.1, 0.15) is 5.15 Å². The number of rotatable bonds is 3. The summed E-state index contributed by atoms with van der Waals surface area (Å²) in [5, 5.41) is 1.20. The maximum absolute atomic E-state index is 11.9. The summed E-state index contributed by atoms with van der Waals surface area (Å²) in [7, 11) is 0.